The molecule has 2 amide bonds. The van der Waals surface area contributed by atoms with E-state index in [0.29, 0.717) is 19.4 Å². The third kappa shape index (κ3) is 7.48. The number of hydrogen-bond donors (Lipinski definition) is 2. The molecule has 0 spiro atoms. The molecular weight excluding hydrogens is 200 g/mol. The highest BCUT2D eigenvalue weighted by Gasteiger charge is 2.12. The second-order valence-corrected chi connectivity index (χ2v) is 2.90. The Hall–Kier alpha value is -1.59. The molecule has 0 rings (SSSR count). The maximum absolute atomic E-state index is 11.0. The molecule has 0 unspecified atom stereocenters. The molecule has 86 valence electrons. The average Bonchev–Trinajstić information content (AvgIpc) is 2.16. The minimum absolute atomic E-state index is 0.175. The van der Waals surface area contributed by atoms with Gasteiger partial charge in [-0.1, -0.05) is 0 Å². The van der Waals surface area contributed by atoms with Gasteiger partial charge < -0.3 is 15.8 Å². The van der Waals surface area contributed by atoms with Crippen LogP contribution in [0.25, 0.3) is 0 Å². The highest BCUT2D eigenvalue weighted by molar-refractivity contribution is 6.32. The largest absolute Gasteiger partial charge is 0.459 e. The second-order valence-electron chi connectivity index (χ2n) is 2.90. The van der Waals surface area contributed by atoms with Crippen LogP contribution in [0, 0.1) is 0 Å². The Morgan fingerprint density at radius 2 is 1.93 bits per heavy atom. The minimum atomic E-state index is -0.882. The van der Waals surface area contributed by atoms with Gasteiger partial charge in [-0.05, 0) is 19.8 Å². The Morgan fingerprint density at radius 1 is 1.27 bits per heavy atom. The third-order valence-electron chi connectivity index (χ3n) is 1.60. The molecule has 0 aliphatic heterocycles. The number of amides is 2. The van der Waals surface area contributed by atoms with E-state index in [1.54, 1.807) is 6.92 Å². The number of rotatable bonds is 6. The van der Waals surface area contributed by atoms with Crippen molar-refractivity contribution in [2.24, 2.45) is 5.73 Å². The van der Waals surface area contributed by atoms with Gasteiger partial charge in [0.1, 0.15) is 0 Å². The summed E-state index contributed by atoms with van der Waals surface area (Å²) in [7, 11) is 0. The van der Waals surface area contributed by atoms with Gasteiger partial charge in [0.05, 0.1) is 6.61 Å². The molecule has 15 heavy (non-hydrogen) atoms. The lowest BCUT2D eigenvalue weighted by Gasteiger charge is -2.03. The van der Waals surface area contributed by atoms with Crippen molar-refractivity contribution in [1.29, 1.82) is 0 Å². The number of carbonyl (C=O) groups excluding carboxylic acids is 3. The third-order valence-corrected chi connectivity index (χ3v) is 1.60. The van der Waals surface area contributed by atoms with E-state index in [1.807, 2.05) is 0 Å². The highest BCUT2D eigenvalue weighted by atomic mass is 16.5. The van der Waals surface area contributed by atoms with E-state index in [2.05, 4.69) is 10.1 Å². The summed E-state index contributed by atoms with van der Waals surface area (Å²) in [6, 6.07) is 0. The SMILES string of the molecule is CCOC(=O)C(=O)NCCCCC(N)=O. The molecule has 0 aromatic rings. The number of nitrogens with two attached hydrogens (primary N) is 1. The van der Waals surface area contributed by atoms with Crippen LogP contribution in [0.1, 0.15) is 26.2 Å². The molecule has 0 atom stereocenters. The quantitative estimate of drug-likeness (QED) is 0.349. The number of primary amides is 1. The van der Waals surface area contributed by atoms with E-state index in [4.69, 9.17) is 5.73 Å². The van der Waals surface area contributed by atoms with E-state index in [-0.39, 0.29) is 18.9 Å². The fraction of sp³-hybridized carbons (Fsp3) is 0.667. The van der Waals surface area contributed by atoms with Crippen molar-refractivity contribution in [3.8, 4) is 0 Å². The monoisotopic (exact) mass is 216 g/mol. The van der Waals surface area contributed by atoms with Gasteiger partial charge in [-0.3, -0.25) is 9.59 Å². The van der Waals surface area contributed by atoms with Crippen LogP contribution in [0.4, 0.5) is 0 Å². The van der Waals surface area contributed by atoms with Gasteiger partial charge in [0.2, 0.25) is 5.91 Å². The van der Waals surface area contributed by atoms with Crippen LogP contribution >= 0.6 is 0 Å². The first-order valence-electron chi connectivity index (χ1n) is 4.81. The van der Waals surface area contributed by atoms with Crippen LogP contribution in [-0.2, 0) is 19.1 Å². The van der Waals surface area contributed by atoms with Crippen molar-refractivity contribution >= 4 is 17.8 Å². The maximum atomic E-state index is 11.0. The molecule has 0 aromatic heterocycles. The summed E-state index contributed by atoms with van der Waals surface area (Å²) in [5.74, 6) is -2.00. The highest BCUT2D eigenvalue weighted by Crippen LogP contribution is 1.92. The number of ether oxygens (including phenoxy) is 1. The van der Waals surface area contributed by atoms with E-state index in [9.17, 15) is 14.4 Å². The Labute approximate surface area is 88.1 Å². The molecule has 6 heteroatoms. The molecule has 0 saturated heterocycles. The fourth-order valence-corrected chi connectivity index (χ4v) is 0.895. The Kier molecular flexibility index (Phi) is 6.96. The summed E-state index contributed by atoms with van der Waals surface area (Å²) >= 11 is 0. The molecule has 0 fully saturated rings. The first-order chi connectivity index (χ1) is 7.07. The number of hydrogen-bond acceptors (Lipinski definition) is 4. The summed E-state index contributed by atoms with van der Waals surface area (Å²) in [5.41, 5.74) is 4.92. The maximum Gasteiger partial charge on any atom is 0.396 e. The molecule has 0 aliphatic carbocycles. The molecule has 6 nitrogen and oxygen atoms in total. The minimum Gasteiger partial charge on any atom is -0.459 e. The van der Waals surface area contributed by atoms with Crippen molar-refractivity contribution in [3.05, 3.63) is 0 Å². The lowest BCUT2D eigenvalue weighted by molar-refractivity contribution is -0.154. The fourth-order valence-electron chi connectivity index (χ4n) is 0.895. The van der Waals surface area contributed by atoms with Crippen LogP contribution in [0.3, 0.4) is 0 Å². The predicted molar refractivity (Wildman–Crippen MR) is 52.7 cm³/mol. The summed E-state index contributed by atoms with van der Waals surface area (Å²) in [4.78, 5) is 32.1. The molecule has 0 saturated carbocycles. The smallest absolute Gasteiger partial charge is 0.396 e. The van der Waals surface area contributed by atoms with Crippen molar-refractivity contribution in [2.45, 2.75) is 26.2 Å². The summed E-state index contributed by atoms with van der Waals surface area (Å²) < 4.78 is 4.47. The lowest BCUT2D eigenvalue weighted by atomic mass is 10.2. The van der Waals surface area contributed by atoms with Crippen molar-refractivity contribution in [2.75, 3.05) is 13.2 Å². The topological polar surface area (TPSA) is 98.5 Å². The zero-order valence-corrected chi connectivity index (χ0v) is 8.75. The zero-order valence-electron chi connectivity index (χ0n) is 8.75. The predicted octanol–water partition coefficient (Wildman–Crippen LogP) is -0.679. The first kappa shape index (κ1) is 13.4. The van der Waals surface area contributed by atoms with Crippen LogP contribution in [-0.4, -0.2) is 30.9 Å². The summed E-state index contributed by atoms with van der Waals surface area (Å²) in [6.07, 6.45) is 1.49. The number of carbonyl (C=O) groups is 3. The molecule has 0 aliphatic rings. The summed E-state index contributed by atoms with van der Waals surface area (Å²) in [6.45, 7) is 2.14. The Morgan fingerprint density at radius 3 is 2.47 bits per heavy atom. The van der Waals surface area contributed by atoms with Gasteiger partial charge in [-0.25, -0.2) is 4.79 Å². The average molecular weight is 216 g/mol. The van der Waals surface area contributed by atoms with Crippen LogP contribution in [0.5, 0.6) is 0 Å². The van der Waals surface area contributed by atoms with Crippen molar-refractivity contribution in [1.82, 2.24) is 5.32 Å². The molecule has 3 N–H and O–H groups in total. The van der Waals surface area contributed by atoms with Crippen molar-refractivity contribution < 1.29 is 19.1 Å². The number of esters is 1. The molecule has 0 aromatic carbocycles. The van der Waals surface area contributed by atoms with Crippen LogP contribution in [0.15, 0.2) is 0 Å². The van der Waals surface area contributed by atoms with E-state index >= 15 is 0 Å². The van der Waals surface area contributed by atoms with E-state index in [0.717, 1.165) is 0 Å². The van der Waals surface area contributed by atoms with Gasteiger partial charge in [0, 0.05) is 13.0 Å². The number of unbranched alkanes of at least 4 members (excludes halogenated alkanes) is 1. The first-order valence-corrected chi connectivity index (χ1v) is 4.81. The van der Waals surface area contributed by atoms with Crippen molar-refractivity contribution in [3.63, 3.8) is 0 Å². The van der Waals surface area contributed by atoms with E-state index < -0.39 is 11.9 Å². The van der Waals surface area contributed by atoms with Crippen LogP contribution < -0.4 is 11.1 Å². The normalized spacial score (nSPS) is 9.40. The van der Waals surface area contributed by atoms with Crippen LogP contribution in [0.2, 0.25) is 0 Å². The van der Waals surface area contributed by atoms with Gasteiger partial charge >= 0.3 is 11.9 Å². The molecular formula is C9H16N2O4. The van der Waals surface area contributed by atoms with Gasteiger partial charge in [0.25, 0.3) is 0 Å². The summed E-state index contributed by atoms with van der Waals surface area (Å²) in [5, 5.41) is 2.38. The molecule has 0 bridgehead atoms. The Balaban J connectivity index is 3.47. The van der Waals surface area contributed by atoms with Gasteiger partial charge in [0.15, 0.2) is 0 Å². The zero-order chi connectivity index (χ0) is 11.7. The standard InChI is InChI=1S/C9H16N2O4/c1-2-15-9(14)8(13)11-6-4-3-5-7(10)12/h2-6H2,1H3,(H2,10,12)(H,11,13). The number of nitrogens with one attached hydrogen (secondary N) is 1. The van der Waals surface area contributed by atoms with E-state index in [1.165, 1.54) is 0 Å². The van der Waals surface area contributed by atoms with Gasteiger partial charge in [-0.2, -0.15) is 0 Å². The Bertz CT molecular complexity index is 240. The second kappa shape index (κ2) is 7.78. The lowest BCUT2D eigenvalue weighted by Crippen LogP contribution is -2.33. The van der Waals surface area contributed by atoms with Gasteiger partial charge in [-0.15, -0.1) is 0 Å². The molecule has 0 radical (unpaired) electrons. The molecule has 0 heterocycles.